The number of anilines is 1. The number of hydrogen-bond donors (Lipinski definition) is 2. The zero-order valence-corrected chi connectivity index (χ0v) is 19.5. The lowest BCUT2D eigenvalue weighted by molar-refractivity contribution is -0.380. The molecule has 1 aliphatic rings. The minimum absolute atomic E-state index is 0.111. The van der Waals surface area contributed by atoms with E-state index in [9.17, 15) is 19.7 Å². The number of carbonyl (C=O) groups excluding carboxylic acids is 2. The van der Waals surface area contributed by atoms with Crippen LogP contribution in [0.4, 0.5) is 10.1 Å². The highest BCUT2D eigenvalue weighted by molar-refractivity contribution is 7.18. The van der Waals surface area contributed by atoms with Gasteiger partial charge in [0.15, 0.2) is 5.13 Å². The number of aromatic nitrogens is 3. The molecule has 1 aliphatic heterocycles. The van der Waals surface area contributed by atoms with Crippen molar-refractivity contribution < 1.29 is 14.5 Å². The maximum absolute atomic E-state index is 12.9. The summed E-state index contributed by atoms with van der Waals surface area (Å²) >= 11 is 2.21. The van der Waals surface area contributed by atoms with Gasteiger partial charge in [-0.2, -0.15) is 0 Å². The molecular weight excluding hydrogens is 476 g/mol. The number of piperidine rings is 1. The maximum atomic E-state index is 12.9. The van der Waals surface area contributed by atoms with E-state index in [0.717, 1.165) is 51.8 Å². The number of H-pyrrole nitrogens is 1. The van der Waals surface area contributed by atoms with Gasteiger partial charge in [-0.25, -0.2) is 9.97 Å². The van der Waals surface area contributed by atoms with Gasteiger partial charge in [0.2, 0.25) is 5.91 Å². The third-order valence-corrected chi connectivity index (χ3v) is 7.73. The molecule has 4 aromatic rings. The zero-order valence-electron chi connectivity index (χ0n) is 17.9. The molecule has 0 radical (unpaired) electrons. The molecule has 174 valence electrons. The molecule has 0 bridgehead atoms. The Balaban J connectivity index is 1.16. The van der Waals surface area contributed by atoms with Crippen molar-refractivity contribution >= 4 is 55.5 Å². The largest absolute Gasteiger partial charge is 0.361 e. The van der Waals surface area contributed by atoms with Gasteiger partial charge in [-0.05, 0) is 35.8 Å². The molecule has 2 amide bonds. The van der Waals surface area contributed by atoms with Gasteiger partial charge >= 0.3 is 5.00 Å². The fraction of sp³-hybridized carbons (Fsp3) is 0.273. The maximum Gasteiger partial charge on any atom is 0.345 e. The van der Waals surface area contributed by atoms with E-state index >= 15 is 0 Å². The summed E-state index contributed by atoms with van der Waals surface area (Å²) < 4.78 is 0. The van der Waals surface area contributed by atoms with Gasteiger partial charge in [-0.15, -0.1) is 11.3 Å². The topological polar surface area (TPSA) is 134 Å². The molecular formula is C22H20N6O4S2. The Labute approximate surface area is 201 Å². The first-order valence-corrected chi connectivity index (χ1v) is 12.4. The molecule has 34 heavy (non-hydrogen) atoms. The van der Waals surface area contributed by atoms with E-state index in [1.54, 1.807) is 5.38 Å². The van der Waals surface area contributed by atoms with Crippen LogP contribution in [0.1, 0.15) is 39.8 Å². The Morgan fingerprint density at radius 3 is 2.82 bits per heavy atom. The van der Waals surface area contributed by atoms with E-state index in [4.69, 9.17) is 0 Å². The second kappa shape index (κ2) is 9.31. The lowest BCUT2D eigenvalue weighted by atomic mass is 9.97. The summed E-state index contributed by atoms with van der Waals surface area (Å²) in [4.78, 5) is 49.0. The van der Waals surface area contributed by atoms with Crippen molar-refractivity contribution in [2.45, 2.75) is 25.2 Å². The Bertz CT molecular complexity index is 1370. The highest BCUT2D eigenvalue weighted by Gasteiger charge is 2.27. The Hall–Kier alpha value is -3.64. The first kappa shape index (κ1) is 22.2. The highest BCUT2D eigenvalue weighted by Crippen LogP contribution is 2.31. The molecule has 2 N–H and O–H groups in total. The molecule has 12 heteroatoms. The summed E-state index contributed by atoms with van der Waals surface area (Å²) in [5.74, 6) is -0.150. The van der Waals surface area contributed by atoms with E-state index < -0.39 is 10.8 Å². The summed E-state index contributed by atoms with van der Waals surface area (Å²) in [6.07, 6.45) is 4.95. The monoisotopic (exact) mass is 496 g/mol. The quantitative estimate of drug-likeness (QED) is 0.304. The van der Waals surface area contributed by atoms with Crippen LogP contribution in [-0.2, 0) is 11.2 Å². The molecule has 1 saturated heterocycles. The average molecular weight is 497 g/mol. The molecule has 3 aromatic heterocycles. The van der Waals surface area contributed by atoms with Crippen molar-refractivity contribution in [1.29, 1.82) is 0 Å². The van der Waals surface area contributed by atoms with Crippen LogP contribution < -0.4 is 5.32 Å². The number of benzene rings is 1. The number of para-hydroxylation sites is 1. The molecule has 10 nitrogen and oxygen atoms in total. The molecule has 1 fully saturated rings. The summed E-state index contributed by atoms with van der Waals surface area (Å²) in [5.41, 5.74) is 2.29. The predicted molar refractivity (Wildman–Crippen MR) is 129 cm³/mol. The van der Waals surface area contributed by atoms with Crippen LogP contribution in [-0.4, -0.2) is 49.7 Å². The number of rotatable bonds is 6. The molecule has 4 heterocycles. The molecule has 0 atom stereocenters. The average Bonchev–Trinajstić information content (AvgIpc) is 3.60. The molecule has 5 rings (SSSR count). The number of carbonyl (C=O) groups is 2. The van der Waals surface area contributed by atoms with E-state index in [2.05, 4.69) is 20.3 Å². The highest BCUT2D eigenvalue weighted by atomic mass is 32.1. The van der Waals surface area contributed by atoms with Gasteiger partial charge < -0.3 is 9.88 Å². The minimum atomic E-state index is -0.550. The van der Waals surface area contributed by atoms with Gasteiger partial charge in [-0.1, -0.05) is 18.2 Å². The smallest absolute Gasteiger partial charge is 0.345 e. The Morgan fingerprint density at radius 2 is 2.06 bits per heavy atom. The lowest BCUT2D eigenvalue weighted by Gasteiger charge is -2.31. The van der Waals surface area contributed by atoms with Crippen LogP contribution >= 0.6 is 22.7 Å². The SMILES string of the molecule is O=C(Nc1ncc([N+](=O)[O-])s1)c1csc(C2CCN(C(=O)Cc3c[nH]c4ccccc34)CC2)n1. The number of thiazole rings is 2. The van der Waals surface area contributed by atoms with Crippen LogP contribution in [0.2, 0.25) is 0 Å². The standard InChI is InChI=1S/C22H20N6O4S2/c29-18(9-14-10-23-16-4-2-1-3-15(14)16)27-7-5-13(6-8-27)21-25-17(12-33-21)20(30)26-22-24-11-19(34-22)28(31)32/h1-4,10-13,23H,5-9H2,(H,24,26,30). The van der Waals surface area contributed by atoms with E-state index in [1.165, 1.54) is 11.3 Å². The summed E-state index contributed by atoms with van der Waals surface area (Å²) in [6.45, 7) is 1.30. The van der Waals surface area contributed by atoms with Crippen molar-refractivity contribution in [3.8, 4) is 0 Å². The number of nitrogens with zero attached hydrogens (tertiary/aromatic N) is 4. The van der Waals surface area contributed by atoms with E-state index in [0.29, 0.717) is 19.5 Å². The number of likely N-dealkylation sites (tertiary alicyclic amines) is 1. The van der Waals surface area contributed by atoms with Gasteiger partial charge in [0, 0.05) is 41.5 Å². The number of aromatic amines is 1. The third-order valence-electron chi connectivity index (χ3n) is 5.86. The van der Waals surface area contributed by atoms with Crippen molar-refractivity contribution in [1.82, 2.24) is 19.9 Å². The third kappa shape index (κ3) is 4.54. The van der Waals surface area contributed by atoms with Gasteiger partial charge in [-0.3, -0.25) is 25.0 Å². The first-order chi connectivity index (χ1) is 16.5. The number of fused-ring (bicyclic) bond motifs is 1. The number of hydrogen-bond acceptors (Lipinski definition) is 8. The van der Waals surface area contributed by atoms with Crippen LogP contribution in [0, 0.1) is 10.1 Å². The van der Waals surface area contributed by atoms with Crippen molar-refractivity contribution in [2.24, 2.45) is 0 Å². The van der Waals surface area contributed by atoms with Crippen LogP contribution in [0.5, 0.6) is 0 Å². The zero-order chi connectivity index (χ0) is 23.7. The van der Waals surface area contributed by atoms with Crippen molar-refractivity contribution in [3.63, 3.8) is 0 Å². The molecule has 0 aliphatic carbocycles. The fourth-order valence-corrected chi connectivity index (χ4v) is 5.68. The normalized spacial score (nSPS) is 14.4. The fourth-order valence-electron chi connectivity index (χ4n) is 4.08. The molecule has 1 aromatic carbocycles. The van der Waals surface area contributed by atoms with Gasteiger partial charge in [0.25, 0.3) is 5.91 Å². The van der Waals surface area contributed by atoms with Crippen LogP contribution in [0.15, 0.2) is 42.0 Å². The summed E-state index contributed by atoms with van der Waals surface area (Å²) in [5, 5.41) is 17.0. The van der Waals surface area contributed by atoms with Crippen LogP contribution in [0.3, 0.4) is 0 Å². The summed E-state index contributed by atoms with van der Waals surface area (Å²) in [6, 6.07) is 7.96. The van der Waals surface area contributed by atoms with Crippen molar-refractivity contribution in [2.75, 3.05) is 18.4 Å². The number of amides is 2. The number of nitrogens with one attached hydrogen (secondary N) is 2. The lowest BCUT2D eigenvalue weighted by Crippen LogP contribution is -2.38. The molecule has 0 spiro atoms. The molecule has 0 unspecified atom stereocenters. The Morgan fingerprint density at radius 1 is 1.26 bits per heavy atom. The first-order valence-electron chi connectivity index (χ1n) is 10.7. The van der Waals surface area contributed by atoms with Crippen LogP contribution in [0.25, 0.3) is 10.9 Å². The molecule has 0 saturated carbocycles. The Kier molecular flexibility index (Phi) is 6.07. The predicted octanol–water partition coefficient (Wildman–Crippen LogP) is 4.19. The van der Waals surface area contributed by atoms with Gasteiger partial charge in [0.05, 0.1) is 16.4 Å². The van der Waals surface area contributed by atoms with E-state index in [-0.39, 0.29) is 27.7 Å². The van der Waals surface area contributed by atoms with Gasteiger partial charge in [0.1, 0.15) is 11.9 Å². The van der Waals surface area contributed by atoms with Crippen molar-refractivity contribution in [3.05, 3.63) is 68.4 Å². The second-order valence-electron chi connectivity index (χ2n) is 7.98. The second-order valence-corrected chi connectivity index (χ2v) is 9.88. The summed E-state index contributed by atoms with van der Waals surface area (Å²) in [7, 11) is 0. The minimum Gasteiger partial charge on any atom is -0.361 e. The van der Waals surface area contributed by atoms with E-state index in [1.807, 2.05) is 35.4 Å². The number of nitro groups is 1.